The van der Waals surface area contributed by atoms with E-state index < -0.39 is 10.0 Å². The molecule has 1 aromatic heterocycles. The van der Waals surface area contributed by atoms with Crippen molar-refractivity contribution in [1.29, 1.82) is 0 Å². The smallest absolute Gasteiger partial charge is 0.244 e. The van der Waals surface area contributed by atoms with E-state index in [1.165, 1.54) is 0 Å². The van der Waals surface area contributed by atoms with E-state index in [9.17, 15) is 13.5 Å². The zero-order valence-corrected chi connectivity index (χ0v) is 14.4. The molecule has 7 heteroatoms. The highest BCUT2D eigenvalue weighted by Crippen LogP contribution is 2.40. The molecule has 2 N–H and O–H groups in total. The van der Waals surface area contributed by atoms with Crippen molar-refractivity contribution in [3.63, 3.8) is 0 Å². The molecule has 0 radical (unpaired) electrons. The number of hydrogen-bond donors (Lipinski definition) is 2. The molecule has 5 nitrogen and oxygen atoms in total. The van der Waals surface area contributed by atoms with Gasteiger partial charge < -0.3 is 9.52 Å². The number of rotatable bonds is 6. The second-order valence-corrected chi connectivity index (χ2v) is 8.58. The van der Waals surface area contributed by atoms with E-state index in [4.69, 9.17) is 4.42 Å². The molecule has 1 saturated carbocycles. The maximum Gasteiger partial charge on any atom is 0.244 e. The predicted octanol–water partition coefficient (Wildman–Crippen LogP) is 2.34. The number of hydrogen-bond acceptors (Lipinski definition) is 5. The second kappa shape index (κ2) is 6.32. The van der Waals surface area contributed by atoms with E-state index in [0.717, 1.165) is 25.7 Å². The number of furan rings is 1. The van der Waals surface area contributed by atoms with Gasteiger partial charge in [0.2, 0.25) is 10.0 Å². The minimum atomic E-state index is -3.67. The molecule has 1 fully saturated rings. The zero-order valence-electron chi connectivity index (χ0n) is 12.7. The lowest BCUT2D eigenvalue weighted by Gasteiger charge is -2.26. The third kappa shape index (κ3) is 3.31. The van der Waals surface area contributed by atoms with E-state index in [1.54, 1.807) is 25.6 Å². The number of aliphatic hydroxyl groups excluding tert-OH is 1. The second-order valence-electron chi connectivity index (χ2n) is 5.60. The third-order valence-corrected chi connectivity index (χ3v) is 7.30. The maximum absolute atomic E-state index is 12.6. The lowest BCUT2D eigenvalue weighted by Crippen LogP contribution is -2.38. The maximum atomic E-state index is 12.6. The summed E-state index contributed by atoms with van der Waals surface area (Å²) in [5, 5.41) is 9.40. The van der Waals surface area contributed by atoms with Crippen molar-refractivity contribution in [2.24, 2.45) is 0 Å². The summed E-state index contributed by atoms with van der Waals surface area (Å²) in [4.78, 5) is 0.0942. The normalized spacial score (nSPS) is 18.3. The predicted molar refractivity (Wildman–Crippen MR) is 84.0 cm³/mol. The van der Waals surface area contributed by atoms with E-state index in [0.29, 0.717) is 23.6 Å². The van der Waals surface area contributed by atoms with Gasteiger partial charge in [-0.1, -0.05) is 12.8 Å². The Labute approximate surface area is 130 Å². The molecule has 120 valence electrons. The summed E-state index contributed by atoms with van der Waals surface area (Å²) >= 11 is 1.74. The first-order valence-corrected chi connectivity index (χ1v) is 9.80. The summed E-state index contributed by atoms with van der Waals surface area (Å²) < 4.78 is 33.2. The molecular weight excluding hydrogens is 310 g/mol. The Hall–Kier alpha value is -0.500. The third-order valence-electron chi connectivity index (χ3n) is 4.28. The van der Waals surface area contributed by atoms with Crippen LogP contribution in [0.5, 0.6) is 0 Å². The van der Waals surface area contributed by atoms with Crippen molar-refractivity contribution in [2.75, 3.05) is 12.8 Å². The molecule has 1 aromatic rings. The van der Waals surface area contributed by atoms with Gasteiger partial charge in [-0.2, -0.15) is 11.8 Å². The molecular formula is C14H23NO4S2. The Kier molecular flexibility index (Phi) is 5.07. The quantitative estimate of drug-likeness (QED) is 0.835. The van der Waals surface area contributed by atoms with Crippen molar-refractivity contribution >= 4 is 21.8 Å². The fourth-order valence-electron chi connectivity index (χ4n) is 3.02. The Balaban J connectivity index is 2.23. The van der Waals surface area contributed by atoms with Crippen LogP contribution in [0.1, 0.15) is 42.8 Å². The number of sulfonamides is 1. The van der Waals surface area contributed by atoms with Crippen LogP contribution < -0.4 is 4.72 Å². The summed E-state index contributed by atoms with van der Waals surface area (Å²) in [6.45, 7) is 3.36. The van der Waals surface area contributed by atoms with Crippen molar-refractivity contribution < 1.29 is 17.9 Å². The highest BCUT2D eigenvalue weighted by Gasteiger charge is 2.35. The van der Waals surface area contributed by atoms with Crippen LogP contribution in [-0.4, -0.2) is 31.1 Å². The summed E-state index contributed by atoms with van der Waals surface area (Å²) in [6.07, 6.45) is 6.40. The van der Waals surface area contributed by atoms with Crippen molar-refractivity contribution in [1.82, 2.24) is 4.72 Å². The lowest BCUT2D eigenvalue weighted by atomic mass is 10.1. The Morgan fingerprint density at radius 2 is 1.90 bits per heavy atom. The molecule has 21 heavy (non-hydrogen) atoms. The van der Waals surface area contributed by atoms with E-state index >= 15 is 0 Å². The number of aryl methyl sites for hydroxylation is 2. The molecule has 1 aliphatic rings. The average Bonchev–Trinajstić information content (AvgIpc) is 3.01. The fraction of sp³-hybridized carbons (Fsp3) is 0.714. The highest BCUT2D eigenvalue weighted by molar-refractivity contribution is 8.00. The van der Waals surface area contributed by atoms with Gasteiger partial charge in [-0.3, -0.25) is 0 Å². The first-order chi connectivity index (χ1) is 9.85. The summed E-state index contributed by atoms with van der Waals surface area (Å²) in [5.74, 6) is 0.782. The topological polar surface area (TPSA) is 79.5 Å². The van der Waals surface area contributed by atoms with Crippen LogP contribution in [0, 0.1) is 13.8 Å². The number of nitrogens with one attached hydrogen (secondary N) is 1. The molecule has 0 aromatic carbocycles. The van der Waals surface area contributed by atoms with Gasteiger partial charge >= 0.3 is 0 Å². The summed E-state index contributed by atoms with van der Waals surface area (Å²) in [5.41, 5.74) is 0.352. The largest absolute Gasteiger partial charge is 0.465 e. The molecule has 0 bridgehead atoms. The fourth-order valence-corrected chi connectivity index (χ4v) is 5.58. The van der Waals surface area contributed by atoms with Crippen LogP contribution in [0.4, 0.5) is 0 Å². The van der Waals surface area contributed by atoms with Crippen molar-refractivity contribution in [3.8, 4) is 0 Å². The zero-order chi connectivity index (χ0) is 15.7. The first-order valence-electron chi connectivity index (χ1n) is 7.10. The van der Waals surface area contributed by atoms with Crippen molar-refractivity contribution in [2.45, 2.75) is 55.8 Å². The molecule has 0 saturated heterocycles. The minimum absolute atomic E-state index is 0.000860. The summed E-state index contributed by atoms with van der Waals surface area (Å²) in [7, 11) is -3.67. The Bertz CT molecular complexity index is 601. The monoisotopic (exact) mass is 333 g/mol. The number of aliphatic hydroxyl groups is 1. The molecule has 0 spiro atoms. The standard InChI is InChI=1S/C14H23NO4S2/c1-10-12(8-16)13(11(2)19-10)21(17,18)15-9-14(20-3)6-4-5-7-14/h15-16H,4-9H2,1-3H3. The van der Waals surface area contributed by atoms with E-state index in [1.807, 2.05) is 6.26 Å². The highest BCUT2D eigenvalue weighted by atomic mass is 32.2. The SMILES string of the molecule is CSC1(CNS(=O)(=O)c2c(C)oc(C)c2CO)CCCC1. The molecule has 0 aliphatic heterocycles. The van der Waals surface area contributed by atoms with Gasteiger partial charge in [0.25, 0.3) is 0 Å². The minimum Gasteiger partial charge on any atom is -0.465 e. The number of thioether (sulfide) groups is 1. The van der Waals surface area contributed by atoms with Gasteiger partial charge in [-0.25, -0.2) is 13.1 Å². The van der Waals surface area contributed by atoms with Crippen LogP contribution in [0.3, 0.4) is 0 Å². The van der Waals surface area contributed by atoms with E-state index in [-0.39, 0.29) is 16.2 Å². The van der Waals surface area contributed by atoms with Gasteiger partial charge in [0, 0.05) is 16.9 Å². The van der Waals surface area contributed by atoms with Crippen LogP contribution in [-0.2, 0) is 16.6 Å². The molecule has 0 amide bonds. The Morgan fingerprint density at radius 3 is 2.43 bits per heavy atom. The van der Waals surface area contributed by atoms with Crippen molar-refractivity contribution in [3.05, 3.63) is 17.1 Å². The van der Waals surface area contributed by atoms with E-state index in [2.05, 4.69) is 4.72 Å². The Morgan fingerprint density at radius 1 is 1.29 bits per heavy atom. The average molecular weight is 333 g/mol. The first kappa shape index (κ1) is 16.9. The van der Waals surface area contributed by atoms with Gasteiger partial charge in [0.15, 0.2) is 0 Å². The lowest BCUT2D eigenvalue weighted by molar-refractivity contribution is 0.276. The molecule has 2 rings (SSSR count). The van der Waals surface area contributed by atoms with Gasteiger partial charge in [0.05, 0.1) is 6.61 Å². The molecule has 1 heterocycles. The van der Waals surface area contributed by atoms with Crippen LogP contribution in [0.25, 0.3) is 0 Å². The van der Waals surface area contributed by atoms with Gasteiger partial charge in [-0.05, 0) is 32.9 Å². The van der Waals surface area contributed by atoms with Crippen LogP contribution in [0.2, 0.25) is 0 Å². The molecule has 0 atom stereocenters. The van der Waals surface area contributed by atoms with Gasteiger partial charge in [0.1, 0.15) is 16.4 Å². The van der Waals surface area contributed by atoms with Gasteiger partial charge in [-0.15, -0.1) is 0 Å². The molecule has 1 aliphatic carbocycles. The van der Waals surface area contributed by atoms with Crippen LogP contribution >= 0.6 is 11.8 Å². The summed E-state index contributed by atoms with van der Waals surface area (Å²) in [6, 6.07) is 0. The molecule has 0 unspecified atom stereocenters. The van der Waals surface area contributed by atoms with Crippen LogP contribution in [0.15, 0.2) is 9.31 Å².